The first kappa shape index (κ1) is 23.2. The van der Waals surface area contributed by atoms with E-state index >= 15 is 0 Å². The van der Waals surface area contributed by atoms with Gasteiger partial charge in [-0.2, -0.15) is 4.31 Å². The third-order valence-electron chi connectivity index (χ3n) is 8.91. The highest BCUT2D eigenvalue weighted by Gasteiger charge is 2.58. The number of hydrogen-bond donors (Lipinski definition) is 4. The van der Waals surface area contributed by atoms with Crippen LogP contribution in [0.1, 0.15) is 45.4 Å². The summed E-state index contributed by atoms with van der Waals surface area (Å²) in [7, 11) is -3.41. The molecule has 2 amide bonds. The van der Waals surface area contributed by atoms with Gasteiger partial charge in [0.25, 0.3) is 0 Å². The number of fused-ring (bicyclic) bond motifs is 1. The maximum atomic E-state index is 13.4. The molecule has 2 aliphatic heterocycles. The van der Waals surface area contributed by atoms with E-state index in [1.54, 1.807) is 29.4 Å². The molecule has 3 unspecified atom stereocenters. The van der Waals surface area contributed by atoms with Crippen LogP contribution >= 0.6 is 11.0 Å². The summed E-state index contributed by atoms with van der Waals surface area (Å²) in [6.07, 6.45) is 5.08. The van der Waals surface area contributed by atoms with Crippen molar-refractivity contribution in [2.75, 3.05) is 24.2 Å². The molecule has 5 fully saturated rings. The number of hydrogen-bond acceptors (Lipinski definition) is 8. The second kappa shape index (κ2) is 8.16. The molecule has 1 saturated heterocycles. The van der Waals surface area contributed by atoms with Gasteiger partial charge in [-0.3, -0.25) is 23.0 Å². The number of nitrogens with two attached hydrogens (primary N) is 1. The van der Waals surface area contributed by atoms with Gasteiger partial charge in [-0.1, -0.05) is 0 Å². The minimum Gasteiger partial charge on any atom is -0.454 e. The fraction of sp³-hybridized carbons (Fsp3) is 0.667. The first-order valence-corrected chi connectivity index (χ1v) is 14.0. The highest BCUT2D eigenvalue weighted by atomic mass is 32.3. The Hall–Kier alpha value is -2.21. The van der Waals surface area contributed by atoms with E-state index in [-0.39, 0.29) is 36.5 Å². The van der Waals surface area contributed by atoms with Gasteiger partial charge in [0.05, 0.1) is 5.69 Å². The Labute approximate surface area is 206 Å². The number of anilines is 1. The van der Waals surface area contributed by atoms with Crippen molar-refractivity contribution in [1.82, 2.24) is 9.62 Å². The van der Waals surface area contributed by atoms with Crippen molar-refractivity contribution in [3.63, 3.8) is 0 Å². The van der Waals surface area contributed by atoms with E-state index in [4.69, 9.17) is 15.2 Å². The number of nitrogens with zero attached hydrogens (tertiary/aromatic N) is 2. The molecule has 0 aromatic heterocycles. The van der Waals surface area contributed by atoms with Gasteiger partial charge in [-0.15, -0.1) is 0 Å². The minimum absolute atomic E-state index is 0.00511. The van der Waals surface area contributed by atoms with Crippen LogP contribution in [0.25, 0.3) is 0 Å². The van der Waals surface area contributed by atoms with Crippen molar-refractivity contribution in [3.8, 4) is 11.5 Å². The molecule has 11 heteroatoms. The molecule has 4 saturated carbocycles. The summed E-state index contributed by atoms with van der Waals surface area (Å²) < 4.78 is 36.5. The summed E-state index contributed by atoms with van der Waals surface area (Å²) in [5.41, 5.74) is 6.01. The molecule has 35 heavy (non-hydrogen) atoms. The van der Waals surface area contributed by atoms with Gasteiger partial charge in [0, 0.05) is 30.6 Å². The molecule has 0 radical (unpaired) electrons. The molecule has 192 valence electrons. The van der Waals surface area contributed by atoms with Gasteiger partial charge in [-0.05, 0) is 86.3 Å². The summed E-state index contributed by atoms with van der Waals surface area (Å²) >= 11 is 0. The van der Waals surface area contributed by atoms with Crippen molar-refractivity contribution in [3.05, 3.63) is 18.2 Å². The summed E-state index contributed by atoms with van der Waals surface area (Å²) in [6.45, 7) is 2.73. The van der Waals surface area contributed by atoms with Crippen molar-refractivity contribution in [1.29, 1.82) is 0 Å². The van der Waals surface area contributed by atoms with Crippen LogP contribution < -0.4 is 24.8 Å². The van der Waals surface area contributed by atoms with Crippen molar-refractivity contribution in [2.45, 2.75) is 57.5 Å². The first-order valence-electron chi connectivity index (χ1n) is 12.5. The lowest BCUT2D eigenvalue weighted by atomic mass is 9.47. The monoisotopic (exact) mass is 506 g/mol. The highest BCUT2D eigenvalue weighted by Crippen LogP contribution is 2.60. The Balaban J connectivity index is 1.17. The maximum absolute atomic E-state index is 13.4. The lowest BCUT2D eigenvalue weighted by Crippen LogP contribution is -2.63. The lowest BCUT2D eigenvalue weighted by Gasteiger charge is -2.59. The topological polar surface area (TPSA) is 138 Å². The van der Waals surface area contributed by atoms with Gasteiger partial charge in [0.1, 0.15) is 6.04 Å². The zero-order chi connectivity index (χ0) is 24.5. The molecule has 0 spiro atoms. The summed E-state index contributed by atoms with van der Waals surface area (Å²) in [5, 5.41) is 3.24. The maximum Gasteiger partial charge on any atom is 0.239 e. The Morgan fingerprint density at radius 3 is 2.57 bits per heavy atom. The number of benzene rings is 1. The van der Waals surface area contributed by atoms with Gasteiger partial charge in [0.2, 0.25) is 18.6 Å². The van der Waals surface area contributed by atoms with E-state index in [0.717, 1.165) is 32.1 Å². The Bertz CT molecular complexity index is 1040. The van der Waals surface area contributed by atoms with Crippen LogP contribution in [-0.4, -0.2) is 57.2 Å². The predicted octanol–water partition coefficient (Wildman–Crippen LogP) is 2.69. The zero-order valence-corrected chi connectivity index (χ0v) is 20.7. The molecule has 10 nitrogen and oxygen atoms in total. The Kier molecular flexibility index (Phi) is 5.41. The number of ether oxygens (including phenoxy) is 2. The number of carbonyl (C=O) groups is 2. The smallest absolute Gasteiger partial charge is 0.239 e. The molecule has 1 aromatic carbocycles. The van der Waals surface area contributed by atoms with Gasteiger partial charge in [-0.25, -0.2) is 0 Å². The molecule has 4 aliphatic carbocycles. The summed E-state index contributed by atoms with van der Waals surface area (Å²) in [4.78, 5) is 25.7. The minimum atomic E-state index is -3.41. The fourth-order valence-electron chi connectivity index (χ4n) is 7.44. The molecule has 4 bridgehead atoms. The van der Waals surface area contributed by atoms with Gasteiger partial charge < -0.3 is 20.5 Å². The quantitative estimate of drug-likeness (QED) is 0.478. The Morgan fingerprint density at radius 2 is 1.86 bits per heavy atom. The van der Waals surface area contributed by atoms with Crippen molar-refractivity contribution < 1.29 is 28.2 Å². The second-order valence-corrected chi connectivity index (χ2v) is 12.8. The van der Waals surface area contributed by atoms with Gasteiger partial charge in [0.15, 0.2) is 11.5 Å². The largest absolute Gasteiger partial charge is 0.454 e. The first-order chi connectivity index (χ1) is 16.7. The number of primary amides is 1. The van der Waals surface area contributed by atoms with Crippen LogP contribution in [0.15, 0.2) is 18.2 Å². The fourth-order valence-corrected chi connectivity index (χ4v) is 9.35. The molecule has 7 rings (SSSR count). The Morgan fingerprint density at radius 1 is 1.14 bits per heavy atom. The SMILES string of the molecule is CC(C(=O)NC1C2CC3CC1CC(C(N)=O)(C3)C2)N1CCCN(c2ccc3c(c2)OCO3)S1(O)O. The van der Waals surface area contributed by atoms with Gasteiger partial charge >= 0.3 is 0 Å². The average molecular weight is 507 g/mol. The van der Waals surface area contributed by atoms with E-state index in [0.29, 0.717) is 42.6 Å². The lowest BCUT2D eigenvalue weighted by molar-refractivity contribution is -0.147. The molecule has 3 atom stereocenters. The molecule has 2 heterocycles. The van der Waals surface area contributed by atoms with E-state index in [1.807, 2.05) is 0 Å². The third-order valence-corrected chi connectivity index (χ3v) is 11.0. The van der Waals surface area contributed by atoms with E-state index in [9.17, 15) is 18.7 Å². The van der Waals surface area contributed by atoms with E-state index in [2.05, 4.69) is 5.32 Å². The van der Waals surface area contributed by atoms with Crippen LogP contribution in [0, 0.1) is 23.2 Å². The normalized spacial score (nSPS) is 36.6. The number of amides is 2. The standard InChI is InChI=1S/C24H34N4O6S/c1-14(22(29)26-21-16-7-15-8-17(21)12-24(10-15,11-16)23(25)30)27-5-2-6-28(35(27,31)32)18-3-4-19-20(9-18)34-13-33-19/h3-4,9,14-17,21,31-32H,2,5-8,10-13H2,1H3,(H2,25,30)(H,26,29). The van der Waals surface area contributed by atoms with Crippen molar-refractivity contribution >= 4 is 28.5 Å². The molecule has 6 aliphatic rings. The number of carbonyl (C=O) groups excluding carboxylic acids is 2. The van der Waals surface area contributed by atoms with E-state index in [1.165, 1.54) is 4.31 Å². The van der Waals surface area contributed by atoms with Crippen LogP contribution in [0.5, 0.6) is 11.5 Å². The molecular formula is C24H34N4O6S. The van der Waals surface area contributed by atoms with Crippen LogP contribution in [-0.2, 0) is 9.59 Å². The summed E-state index contributed by atoms with van der Waals surface area (Å²) in [6, 6.07) is 4.56. The average Bonchev–Trinajstić information content (AvgIpc) is 3.28. The van der Waals surface area contributed by atoms with Crippen LogP contribution in [0.4, 0.5) is 5.69 Å². The molecular weight excluding hydrogens is 472 g/mol. The number of nitrogens with one attached hydrogen (secondary N) is 1. The highest BCUT2D eigenvalue weighted by molar-refractivity contribution is 8.23. The van der Waals surface area contributed by atoms with Crippen molar-refractivity contribution in [2.24, 2.45) is 28.9 Å². The van der Waals surface area contributed by atoms with E-state index < -0.39 is 22.4 Å². The zero-order valence-electron chi connectivity index (χ0n) is 19.9. The predicted molar refractivity (Wildman–Crippen MR) is 131 cm³/mol. The second-order valence-electron chi connectivity index (χ2n) is 10.9. The molecule has 1 aromatic rings. The van der Waals surface area contributed by atoms with Crippen LogP contribution in [0.2, 0.25) is 0 Å². The number of rotatable bonds is 5. The molecule has 5 N–H and O–H groups in total. The summed E-state index contributed by atoms with van der Waals surface area (Å²) in [5.74, 6) is 1.80. The third kappa shape index (κ3) is 3.66. The van der Waals surface area contributed by atoms with Crippen LogP contribution in [0.3, 0.4) is 0 Å².